The molecule has 0 aliphatic carbocycles. The fourth-order valence-corrected chi connectivity index (χ4v) is 3.97. The van der Waals surface area contributed by atoms with Crippen LogP contribution in [0.3, 0.4) is 0 Å². The minimum Gasteiger partial charge on any atom is -0.322 e. The van der Waals surface area contributed by atoms with Crippen molar-refractivity contribution in [3.8, 4) is 0 Å². The summed E-state index contributed by atoms with van der Waals surface area (Å²) in [7, 11) is 3.76. The van der Waals surface area contributed by atoms with E-state index in [1.165, 1.54) is 17.0 Å². The number of hydrazine groups is 1. The molecule has 0 spiro atoms. The number of amides is 4. The van der Waals surface area contributed by atoms with E-state index >= 15 is 4.39 Å². The molecular weight excluding hydrogens is 491 g/mol. The fraction of sp³-hybridized carbons (Fsp3) is 0.333. The second kappa shape index (κ2) is 10.9. The average Bonchev–Trinajstić information content (AvgIpc) is 3.26. The Morgan fingerprint density at radius 3 is 2.43 bits per heavy atom. The van der Waals surface area contributed by atoms with E-state index in [4.69, 9.17) is 0 Å². The van der Waals surface area contributed by atoms with E-state index in [0.717, 1.165) is 17.0 Å². The molecule has 0 saturated carbocycles. The van der Waals surface area contributed by atoms with Gasteiger partial charge in [-0.3, -0.25) is 30.0 Å². The van der Waals surface area contributed by atoms with Crippen LogP contribution in [0.15, 0.2) is 42.6 Å². The number of nitrogens with one attached hydrogen (secondary N) is 2. The highest BCUT2D eigenvalue weighted by atomic mass is 19.3. The summed E-state index contributed by atoms with van der Waals surface area (Å²) in [6.07, 6.45) is -1.60. The smallest absolute Gasteiger partial charge is 0.322 e. The standard InChI is InChI=1S/C24H26F3N7O3/c1-31-7-9-33(10-8-31)24(37)34(18-6-5-16-13-28-32(2)20(16)12-18)14-17-4-3-15(11-19(17)25)22(35)29-30-23(36)21(26)27/h3-6,11-13,21H,7-10,14H2,1-2H3,(H,29,35)(H,30,36). The molecule has 1 aliphatic heterocycles. The molecule has 2 aromatic carbocycles. The van der Waals surface area contributed by atoms with E-state index in [1.807, 2.05) is 24.6 Å². The molecule has 2 heterocycles. The van der Waals surface area contributed by atoms with Crippen molar-refractivity contribution in [2.75, 3.05) is 38.1 Å². The Hall–Kier alpha value is -4.13. The van der Waals surface area contributed by atoms with E-state index in [0.29, 0.717) is 31.9 Å². The summed E-state index contributed by atoms with van der Waals surface area (Å²) in [5.74, 6) is -3.43. The monoisotopic (exact) mass is 517 g/mol. The molecule has 1 aliphatic rings. The molecule has 196 valence electrons. The third kappa shape index (κ3) is 5.82. The van der Waals surface area contributed by atoms with Crippen molar-refractivity contribution in [1.82, 2.24) is 30.4 Å². The molecule has 37 heavy (non-hydrogen) atoms. The number of aryl methyl sites for hydroxylation is 1. The lowest BCUT2D eigenvalue weighted by Gasteiger charge is -2.36. The Balaban J connectivity index is 1.59. The molecular formula is C24H26F3N7O3. The molecule has 4 amide bonds. The van der Waals surface area contributed by atoms with Gasteiger partial charge in [0.2, 0.25) is 0 Å². The predicted octanol–water partition coefficient (Wildman–Crippen LogP) is 2.11. The lowest BCUT2D eigenvalue weighted by Crippen LogP contribution is -2.52. The van der Waals surface area contributed by atoms with Crippen LogP contribution in [0.2, 0.25) is 0 Å². The number of benzene rings is 2. The number of hydrogen-bond acceptors (Lipinski definition) is 5. The molecule has 3 aromatic rings. The summed E-state index contributed by atoms with van der Waals surface area (Å²) < 4.78 is 41.4. The first-order chi connectivity index (χ1) is 17.6. The van der Waals surface area contributed by atoms with Crippen LogP contribution in [0.5, 0.6) is 0 Å². The Morgan fingerprint density at radius 2 is 1.76 bits per heavy atom. The molecule has 0 atom stereocenters. The Bertz CT molecular complexity index is 1320. The Labute approximate surface area is 210 Å². The number of halogens is 3. The predicted molar refractivity (Wildman–Crippen MR) is 129 cm³/mol. The molecule has 0 unspecified atom stereocenters. The SMILES string of the molecule is CN1CCN(C(=O)N(Cc2ccc(C(=O)NNC(=O)C(F)F)cc2F)c2ccc3cnn(C)c3c2)CC1. The summed E-state index contributed by atoms with van der Waals surface area (Å²) in [4.78, 5) is 42.0. The second-order valence-corrected chi connectivity index (χ2v) is 8.72. The first-order valence-corrected chi connectivity index (χ1v) is 11.5. The quantitative estimate of drug-likeness (QED) is 0.505. The van der Waals surface area contributed by atoms with Crippen molar-refractivity contribution < 1.29 is 27.6 Å². The highest BCUT2D eigenvalue weighted by Gasteiger charge is 2.27. The third-order valence-corrected chi connectivity index (χ3v) is 6.19. The van der Waals surface area contributed by atoms with Crippen molar-refractivity contribution in [2.45, 2.75) is 13.0 Å². The van der Waals surface area contributed by atoms with Crippen molar-refractivity contribution in [2.24, 2.45) is 7.05 Å². The van der Waals surface area contributed by atoms with Crippen molar-refractivity contribution >= 4 is 34.4 Å². The topological polar surface area (TPSA) is 103 Å². The van der Waals surface area contributed by atoms with Crippen LogP contribution < -0.4 is 15.8 Å². The zero-order valence-corrected chi connectivity index (χ0v) is 20.2. The highest BCUT2D eigenvalue weighted by molar-refractivity contribution is 5.96. The second-order valence-electron chi connectivity index (χ2n) is 8.72. The summed E-state index contributed by atoms with van der Waals surface area (Å²) in [6, 6.07) is 8.66. The van der Waals surface area contributed by atoms with Crippen LogP contribution in [0.1, 0.15) is 15.9 Å². The van der Waals surface area contributed by atoms with Crippen molar-refractivity contribution in [3.05, 3.63) is 59.5 Å². The van der Waals surface area contributed by atoms with Gasteiger partial charge in [-0.1, -0.05) is 6.07 Å². The molecule has 1 aromatic heterocycles. The molecule has 1 fully saturated rings. The fourth-order valence-electron chi connectivity index (χ4n) is 3.97. The van der Waals surface area contributed by atoms with Crippen LogP contribution in [0.4, 0.5) is 23.7 Å². The largest absolute Gasteiger partial charge is 0.324 e. The maximum atomic E-state index is 15.1. The number of piperazine rings is 1. The molecule has 4 rings (SSSR count). The minimum absolute atomic E-state index is 0.121. The van der Waals surface area contributed by atoms with Crippen LogP contribution in [0.25, 0.3) is 10.9 Å². The van der Waals surface area contributed by atoms with Crippen molar-refractivity contribution in [1.29, 1.82) is 0 Å². The van der Waals surface area contributed by atoms with Gasteiger partial charge >= 0.3 is 18.4 Å². The first kappa shape index (κ1) is 25.9. The van der Waals surface area contributed by atoms with Gasteiger partial charge in [0.15, 0.2) is 0 Å². The van der Waals surface area contributed by atoms with Gasteiger partial charge in [-0.05, 0) is 37.4 Å². The molecule has 0 bridgehead atoms. The first-order valence-electron chi connectivity index (χ1n) is 11.5. The van der Waals surface area contributed by atoms with Gasteiger partial charge in [-0.15, -0.1) is 0 Å². The van der Waals surface area contributed by atoms with Crippen LogP contribution >= 0.6 is 0 Å². The van der Waals surface area contributed by atoms with Crippen LogP contribution in [0, 0.1) is 5.82 Å². The molecule has 1 saturated heterocycles. The third-order valence-electron chi connectivity index (χ3n) is 6.19. The van der Waals surface area contributed by atoms with Gasteiger partial charge in [0.25, 0.3) is 5.91 Å². The maximum Gasteiger partial charge on any atom is 0.324 e. The number of rotatable bonds is 5. The number of urea groups is 1. The van der Waals surface area contributed by atoms with Gasteiger partial charge < -0.3 is 9.80 Å². The molecule has 13 heteroatoms. The molecule has 2 N–H and O–H groups in total. The van der Waals surface area contributed by atoms with Crippen LogP contribution in [-0.2, 0) is 18.4 Å². The molecule has 0 radical (unpaired) electrons. The Kier molecular flexibility index (Phi) is 7.62. The Morgan fingerprint density at radius 1 is 1.03 bits per heavy atom. The van der Waals surface area contributed by atoms with Crippen molar-refractivity contribution in [3.63, 3.8) is 0 Å². The van der Waals surface area contributed by atoms with E-state index in [2.05, 4.69) is 10.00 Å². The number of nitrogens with zero attached hydrogens (tertiary/aromatic N) is 5. The van der Waals surface area contributed by atoms with E-state index in [-0.39, 0.29) is 23.7 Å². The lowest BCUT2D eigenvalue weighted by atomic mass is 10.1. The number of hydrogen-bond donors (Lipinski definition) is 2. The number of likely N-dealkylation sites (N-methyl/N-ethyl adjacent to an activating group) is 1. The number of alkyl halides is 2. The summed E-state index contributed by atoms with van der Waals surface area (Å²) >= 11 is 0. The molecule has 10 nitrogen and oxygen atoms in total. The van der Waals surface area contributed by atoms with Gasteiger partial charge in [-0.25, -0.2) is 9.18 Å². The van der Waals surface area contributed by atoms with E-state index in [1.54, 1.807) is 34.3 Å². The highest BCUT2D eigenvalue weighted by Crippen LogP contribution is 2.26. The number of carbonyl (C=O) groups excluding carboxylic acids is 3. The maximum absolute atomic E-state index is 15.1. The normalized spacial score (nSPS) is 14.2. The van der Waals surface area contributed by atoms with E-state index in [9.17, 15) is 23.2 Å². The van der Waals surface area contributed by atoms with Gasteiger partial charge in [0.05, 0.1) is 18.3 Å². The number of carbonyl (C=O) groups is 3. The lowest BCUT2D eigenvalue weighted by molar-refractivity contribution is -0.132. The minimum atomic E-state index is -3.31. The number of aromatic nitrogens is 2. The van der Waals surface area contributed by atoms with E-state index < -0.39 is 24.1 Å². The van der Waals surface area contributed by atoms with Gasteiger partial charge in [-0.2, -0.15) is 13.9 Å². The van der Waals surface area contributed by atoms with Gasteiger partial charge in [0, 0.05) is 55.4 Å². The van der Waals surface area contributed by atoms with Crippen LogP contribution in [-0.4, -0.2) is 77.1 Å². The number of anilines is 1. The zero-order chi connectivity index (χ0) is 26.7. The summed E-state index contributed by atoms with van der Waals surface area (Å²) in [6.45, 7) is 2.34. The summed E-state index contributed by atoms with van der Waals surface area (Å²) in [5.41, 5.74) is 4.67. The zero-order valence-electron chi connectivity index (χ0n) is 20.2. The average molecular weight is 518 g/mol. The number of fused-ring (bicyclic) bond motifs is 1. The van der Waals surface area contributed by atoms with Gasteiger partial charge in [0.1, 0.15) is 5.82 Å². The summed E-state index contributed by atoms with van der Waals surface area (Å²) in [5, 5.41) is 5.12.